The van der Waals surface area contributed by atoms with E-state index in [4.69, 9.17) is 11.6 Å². The number of halogens is 1. The van der Waals surface area contributed by atoms with E-state index >= 15 is 0 Å². The monoisotopic (exact) mass is 301 g/mol. The van der Waals surface area contributed by atoms with Gasteiger partial charge in [0.25, 0.3) is 0 Å². The van der Waals surface area contributed by atoms with Crippen LogP contribution in [0.2, 0.25) is 5.02 Å². The van der Waals surface area contributed by atoms with E-state index in [0.29, 0.717) is 16.3 Å². The second-order valence-electron chi connectivity index (χ2n) is 4.75. The third kappa shape index (κ3) is 4.17. The Morgan fingerprint density at radius 3 is 2.43 bits per heavy atom. The molecular formula is C17H16ClNO2. The van der Waals surface area contributed by atoms with E-state index in [1.165, 1.54) is 0 Å². The van der Waals surface area contributed by atoms with Gasteiger partial charge in [-0.3, -0.25) is 9.59 Å². The highest BCUT2D eigenvalue weighted by atomic mass is 35.5. The molecule has 2 rings (SSSR count). The first kappa shape index (κ1) is 15.3. The first-order valence-electron chi connectivity index (χ1n) is 6.71. The minimum absolute atomic E-state index is 0.0337. The van der Waals surface area contributed by atoms with E-state index in [1.807, 2.05) is 25.1 Å². The van der Waals surface area contributed by atoms with Gasteiger partial charge in [0.15, 0.2) is 5.78 Å². The molecule has 0 radical (unpaired) electrons. The molecule has 108 valence electrons. The summed E-state index contributed by atoms with van der Waals surface area (Å²) in [5.74, 6) is -0.224. The number of Topliss-reactive ketones (excluding diaryl/α,β-unsaturated/α-hetero) is 1. The van der Waals surface area contributed by atoms with Crippen molar-refractivity contribution in [1.82, 2.24) is 0 Å². The largest absolute Gasteiger partial charge is 0.326 e. The Morgan fingerprint density at radius 2 is 1.71 bits per heavy atom. The van der Waals surface area contributed by atoms with Crippen molar-refractivity contribution in [1.29, 1.82) is 0 Å². The van der Waals surface area contributed by atoms with E-state index in [2.05, 4.69) is 5.32 Å². The molecule has 0 aliphatic carbocycles. The second kappa shape index (κ2) is 7.04. The number of carbonyl (C=O) groups excluding carboxylic acids is 2. The van der Waals surface area contributed by atoms with Crippen LogP contribution in [0.3, 0.4) is 0 Å². The molecular weight excluding hydrogens is 286 g/mol. The average Bonchev–Trinajstić information content (AvgIpc) is 2.50. The Morgan fingerprint density at radius 1 is 1.00 bits per heavy atom. The van der Waals surface area contributed by atoms with Gasteiger partial charge in [0.1, 0.15) is 0 Å². The van der Waals surface area contributed by atoms with Crippen LogP contribution in [0.5, 0.6) is 0 Å². The molecule has 0 unspecified atom stereocenters. The predicted octanol–water partition coefficient (Wildman–Crippen LogP) is 4.25. The summed E-state index contributed by atoms with van der Waals surface area (Å²) in [6.07, 6.45) is 0.342. The van der Waals surface area contributed by atoms with Gasteiger partial charge in [-0.25, -0.2) is 0 Å². The molecule has 0 bridgehead atoms. The number of benzene rings is 2. The van der Waals surface area contributed by atoms with Gasteiger partial charge in [0, 0.05) is 29.1 Å². The highest BCUT2D eigenvalue weighted by Gasteiger charge is 2.10. The van der Waals surface area contributed by atoms with Crippen LogP contribution in [0.1, 0.15) is 28.8 Å². The molecule has 21 heavy (non-hydrogen) atoms. The van der Waals surface area contributed by atoms with Crippen LogP contribution in [-0.2, 0) is 4.79 Å². The molecule has 1 amide bonds. The molecule has 2 aromatic rings. The lowest BCUT2D eigenvalue weighted by Gasteiger charge is -2.09. The lowest BCUT2D eigenvalue weighted by Crippen LogP contribution is -2.14. The third-order valence-corrected chi connectivity index (χ3v) is 3.63. The van der Waals surface area contributed by atoms with Crippen molar-refractivity contribution >= 4 is 29.0 Å². The standard InChI is InChI=1S/C17H16ClNO2/c1-12-14(18)8-5-9-15(12)19-17(21)11-10-16(20)13-6-3-2-4-7-13/h2-9H,10-11H2,1H3,(H,19,21). The highest BCUT2D eigenvalue weighted by molar-refractivity contribution is 6.31. The summed E-state index contributed by atoms with van der Waals surface area (Å²) in [5.41, 5.74) is 2.13. The van der Waals surface area contributed by atoms with Gasteiger partial charge in [-0.05, 0) is 24.6 Å². The van der Waals surface area contributed by atoms with Crippen molar-refractivity contribution in [3.8, 4) is 0 Å². The van der Waals surface area contributed by atoms with Crippen LogP contribution in [0.25, 0.3) is 0 Å². The fourth-order valence-corrected chi connectivity index (χ4v) is 2.13. The maximum absolute atomic E-state index is 11.9. The van der Waals surface area contributed by atoms with Crippen LogP contribution in [0, 0.1) is 6.92 Å². The summed E-state index contributed by atoms with van der Waals surface area (Å²) in [5, 5.41) is 3.39. The third-order valence-electron chi connectivity index (χ3n) is 3.22. The zero-order valence-corrected chi connectivity index (χ0v) is 12.5. The van der Waals surface area contributed by atoms with E-state index in [1.54, 1.807) is 30.3 Å². The maximum Gasteiger partial charge on any atom is 0.224 e. The number of nitrogens with one attached hydrogen (secondary N) is 1. The summed E-state index contributed by atoms with van der Waals surface area (Å²) in [6.45, 7) is 1.84. The summed E-state index contributed by atoms with van der Waals surface area (Å²) in [6, 6.07) is 14.3. The van der Waals surface area contributed by atoms with E-state index < -0.39 is 0 Å². The van der Waals surface area contributed by atoms with Gasteiger partial charge in [-0.15, -0.1) is 0 Å². The second-order valence-corrected chi connectivity index (χ2v) is 5.16. The Bertz CT molecular complexity index is 653. The van der Waals surface area contributed by atoms with Crippen molar-refractivity contribution in [2.24, 2.45) is 0 Å². The van der Waals surface area contributed by atoms with Crippen molar-refractivity contribution in [2.75, 3.05) is 5.32 Å². The minimum atomic E-state index is -0.190. The molecule has 1 N–H and O–H groups in total. The van der Waals surface area contributed by atoms with Crippen molar-refractivity contribution in [3.63, 3.8) is 0 Å². The van der Waals surface area contributed by atoms with E-state index in [9.17, 15) is 9.59 Å². The average molecular weight is 302 g/mol. The zero-order valence-electron chi connectivity index (χ0n) is 11.7. The summed E-state index contributed by atoms with van der Waals surface area (Å²) < 4.78 is 0. The Balaban J connectivity index is 1.91. The first-order chi connectivity index (χ1) is 10.1. The number of amides is 1. The Kier molecular flexibility index (Phi) is 5.12. The topological polar surface area (TPSA) is 46.2 Å². The molecule has 0 aliphatic rings. The molecule has 0 atom stereocenters. The number of hydrogen-bond acceptors (Lipinski definition) is 2. The van der Waals surface area contributed by atoms with Crippen molar-refractivity contribution in [3.05, 3.63) is 64.7 Å². The fraction of sp³-hybridized carbons (Fsp3) is 0.176. The minimum Gasteiger partial charge on any atom is -0.326 e. The molecule has 0 saturated carbocycles. The van der Waals surface area contributed by atoms with Crippen LogP contribution in [-0.4, -0.2) is 11.7 Å². The lowest BCUT2D eigenvalue weighted by atomic mass is 10.1. The van der Waals surface area contributed by atoms with Gasteiger partial charge >= 0.3 is 0 Å². The Labute approximate surface area is 128 Å². The number of rotatable bonds is 5. The molecule has 4 heteroatoms. The highest BCUT2D eigenvalue weighted by Crippen LogP contribution is 2.23. The summed E-state index contributed by atoms with van der Waals surface area (Å²) in [4.78, 5) is 23.8. The van der Waals surface area contributed by atoms with Crippen molar-refractivity contribution < 1.29 is 9.59 Å². The maximum atomic E-state index is 11.9. The molecule has 0 fully saturated rings. The van der Waals surface area contributed by atoms with Crippen LogP contribution in [0.15, 0.2) is 48.5 Å². The lowest BCUT2D eigenvalue weighted by molar-refractivity contribution is -0.116. The fourth-order valence-electron chi connectivity index (χ4n) is 1.95. The van der Waals surface area contributed by atoms with E-state index in [-0.39, 0.29) is 24.5 Å². The van der Waals surface area contributed by atoms with Gasteiger partial charge in [0.05, 0.1) is 0 Å². The number of ketones is 1. The zero-order chi connectivity index (χ0) is 15.2. The van der Waals surface area contributed by atoms with Crippen LogP contribution in [0.4, 0.5) is 5.69 Å². The SMILES string of the molecule is Cc1c(Cl)cccc1NC(=O)CCC(=O)c1ccccc1. The van der Waals surface area contributed by atoms with Gasteiger partial charge in [-0.2, -0.15) is 0 Å². The number of anilines is 1. The number of hydrogen-bond donors (Lipinski definition) is 1. The Hall–Kier alpha value is -2.13. The summed E-state index contributed by atoms with van der Waals surface area (Å²) in [7, 11) is 0. The van der Waals surface area contributed by atoms with E-state index in [0.717, 1.165) is 5.56 Å². The quantitative estimate of drug-likeness (QED) is 0.839. The normalized spacial score (nSPS) is 10.2. The smallest absolute Gasteiger partial charge is 0.224 e. The molecule has 0 aromatic heterocycles. The van der Waals surface area contributed by atoms with Crippen LogP contribution >= 0.6 is 11.6 Å². The van der Waals surface area contributed by atoms with Gasteiger partial charge in [0.2, 0.25) is 5.91 Å². The first-order valence-corrected chi connectivity index (χ1v) is 7.09. The molecule has 0 saturated heterocycles. The molecule has 0 aliphatic heterocycles. The predicted molar refractivity (Wildman–Crippen MR) is 84.8 cm³/mol. The molecule has 3 nitrogen and oxygen atoms in total. The number of carbonyl (C=O) groups is 2. The summed E-state index contributed by atoms with van der Waals surface area (Å²) >= 11 is 6.00. The molecule has 0 spiro atoms. The van der Waals surface area contributed by atoms with Gasteiger partial charge in [-0.1, -0.05) is 48.0 Å². The van der Waals surface area contributed by atoms with Crippen LogP contribution < -0.4 is 5.32 Å². The van der Waals surface area contributed by atoms with Crippen molar-refractivity contribution in [2.45, 2.75) is 19.8 Å². The molecule has 2 aromatic carbocycles. The van der Waals surface area contributed by atoms with Gasteiger partial charge < -0.3 is 5.32 Å². The molecule has 0 heterocycles.